The Balaban J connectivity index is 2.88. The monoisotopic (exact) mass is 271 g/mol. The maximum atomic E-state index is 13.2. The number of halogens is 2. The molecular formula is C14H19F2NO2. The first-order valence-electron chi connectivity index (χ1n) is 6.38. The molecule has 0 bridgehead atoms. The molecule has 1 N–H and O–H groups in total. The Morgan fingerprint density at radius 2 is 2.05 bits per heavy atom. The van der Waals surface area contributed by atoms with Crippen LogP contribution in [0, 0.1) is 17.6 Å². The van der Waals surface area contributed by atoms with Crippen molar-refractivity contribution in [2.75, 3.05) is 18.0 Å². The van der Waals surface area contributed by atoms with Gasteiger partial charge in [0.15, 0.2) is 11.6 Å². The van der Waals surface area contributed by atoms with E-state index in [0.717, 1.165) is 25.0 Å². The molecule has 0 radical (unpaired) electrons. The van der Waals surface area contributed by atoms with Crippen molar-refractivity contribution < 1.29 is 18.7 Å². The minimum absolute atomic E-state index is 0.278. The first-order chi connectivity index (χ1) is 8.95. The van der Waals surface area contributed by atoms with E-state index < -0.39 is 23.5 Å². The highest BCUT2D eigenvalue weighted by atomic mass is 19.2. The second kappa shape index (κ2) is 7.07. The minimum atomic E-state index is -0.915. The molecule has 1 rings (SSSR count). The van der Waals surface area contributed by atoms with Crippen molar-refractivity contribution in [1.29, 1.82) is 0 Å². The van der Waals surface area contributed by atoms with Gasteiger partial charge in [0.2, 0.25) is 0 Å². The molecule has 0 aliphatic carbocycles. The zero-order chi connectivity index (χ0) is 14.4. The molecule has 1 unspecified atom stereocenters. The SMILES string of the molecule is CCCCN(CC(C)C(=O)O)c1ccc(F)c(F)c1. The van der Waals surface area contributed by atoms with E-state index in [4.69, 9.17) is 5.11 Å². The van der Waals surface area contributed by atoms with E-state index in [1.807, 2.05) is 6.92 Å². The van der Waals surface area contributed by atoms with E-state index in [0.29, 0.717) is 12.2 Å². The number of benzene rings is 1. The van der Waals surface area contributed by atoms with Crippen LogP contribution in [0.5, 0.6) is 0 Å². The predicted octanol–water partition coefficient (Wildman–Crippen LogP) is 3.29. The van der Waals surface area contributed by atoms with E-state index in [-0.39, 0.29) is 6.54 Å². The molecule has 3 nitrogen and oxygen atoms in total. The summed E-state index contributed by atoms with van der Waals surface area (Å²) in [6, 6.07) is 3.65. The quantitative estimate of drug-likeness (QED) is 0.827. The van der Waals surface area contributed by atoms with Crippen molar-refractivity contribution in [3.8, 4) is 0 Å². The minimum Gasteiger partial charge on any atom is -0.481 e. The van der Waals surface area contributed by atoms with Crippen LogP contribution in [0.4, 0.5) is 14.5 Å². The van der Waals surface area contributed by atoms with Crippen LogP contribution < -0.4 is 4.90 Å². The smallest absolute Gasteiger partial charge is 0.308 e. The highest BCUT2D eigenvalue weighted by Crippen LogP contribution is 2.20. The lowest BCUT2D eigenvalue weighted by molar-refractivity contribution is -0.140. The normalized spacial score (nSPS) is 12.2. The van der Waals surface area contributed by atoms with Crippen LogP contribution in [0.3, 0.4) is 0 Å². The molecule has 1 aromatic carbocycles. The van der Waals surface area contributed by atoms with Gasteiger partial charge in [0, 0.05) is 24.8 Å². The third kappa shape index (κ3) is 4.50. The average Bonchev–Trinajstić information content (AvgIpc) is 2.37. The van der Waals surface area contributed by atoms with Crippen LogP contribution in [0.25, 0.3) is 0 Å². The molecule has 0 aromatic heterocycles. The Morgan fingerprint density at radius 3 is 2.58 bits per heavy atom. The zero-order valence-electron chi connectivity index (χ0n) is 11.2. The first-order valence-corrected chi connectivity index (χ1v) is 6.38. The summed E-state index contributed by atoms with van der Waals surface area (Å²) in [7, 11) is 0. The van der Waals surface area contributed by atoms with Crippen LogP contribution in [0.15, 0.2) is 18.2 Å². The highest BCUT2D eigenvalue weighted by Gasteiger charge is 2.17. The van der Waals surface area contributed by atoms with Crippen LogP contribution in [0.2, 0.25) is 0 Å². The van der Waals surface area contributed by atoms with Gasteiger partial charge in [0.1, 0.15) is 0 Å². The van der Waals surface area contributed by atoms with Crippen molar-refractivity contribution in [2.45, 2.75) is 26.7 Å². The zero-order valence-corrected chi connectivity index (χ0v) is 11.2. The number of unbranched alkanes of at least 4 members (excludes halogenated alkanes) is 1. The topological polar surface area (TPSA) is 40.5 Å². The maximum Gasteiger partial charge on any atom is 0.308 e. The number of carbonyl (C=O) groups is 1. The van der Waals surface area contributed by atoms with Gasteiger partial charge in [-0.2, -0.15) is 0 Å². The Labute approximate surface area is 111 Å². The van der Waals surface area contributed by atoms with Gasteiger partial charge in [0.05, 0.1) is 5.92 Å². The molecule has 0 heterocycles. The third-order valence-corrected chi connectivity index (χ3v) is 2.97. The fraction of sp³-hybridized carbons (Fsp3) is 0.500. The van der Waals surface area contributed by atoms with Crippen LogP contribution in [-0.4, -0.2) is 24.2 Å². The van der Waals surface area contributed by atoms with Crippen molar-refractivity contribution in [3.05, 3.63) is 29.8 Å². The van der Waals surface area contributed by atoms with Gasteiger partial charge in [-0.25, -0.2) is 8.78 Å². The number of hydrogen-bond acceptors (Lipinski definition) is 2. The average molecular weight is 271 g/mol. The van der Waals surface area contributed by atoms with E-state index in [1.54, 1.807) is 11.8 Å². The van der Waals surface area contributed by atoms with Crippen molar-refractivity contribution in [2.24, 2.45) is 5.92 Å². The summed E-state index contributed by atoms with van der Waals surface area (Å²) < 4.78 is 26.2. The van der Waals surface area contributed by atoms with Gasteiger partial charge in [0.25, 0.3) is 0 Å². The van der Waals surface area contributed by atoms with Gasteiger partial charge >= 0.3 is 5.97 Å². The number of nitrogens with zero attached hydrogens (tertiary/aromatic N) is 1. The molecule has 1 atom stereocenters. The van der Waals surface area contributed by atoms with E-state index in [2.05, 4.69) is 0 Å². The maximum absolute atomic E-state index is 13.2. The molecule has 0 aliphatic rings. The molecule has 106 valence electrons. The number of carboxylic acids is 1. The van der Waals surface area contributed by atoms with E-state index >= 15 is 0 Å². The Morgan fingerprint density at radius 1 is 1.37 bits per heavy atom. The molecule has 0 amide bonds. The summed E-state index contributed by atoms with van der Waals surface area (Å²) >= 11 is 0. The van der Waals surface area contributed by atoms with Crippen LogP contribution >= 0.6 is 0 Å². The molecule has 0 fully saturated rings. The third-order valence-electron chi connectivity index (χ3n) is 2.97. The Hall–Kier alpha value is -1.65. The fourth-order valence-corrected chi connectivity index (χ4v) is 1.77. The summed E-state index contributed by atoms with van der Waals surface area (Å²) in [6.45, 7) is 4.52. The van der Waals surface area contributed by atoms with Crippen molar-refractivity contribution in [1.82, 2.24) is 0 Å². The molecule has 0 saturated heterocycles. The van der Waals surface area contributed by atoms with Crippen molar-refractivity contribution in [3.63, 3.8) is 0 Å². The summed E-state index contributed by atoms with van der Waals surface area (Å²) in [6.07, 6.45) is 1.81. The first kappa shape index (κ1) is 15.4. The standard InChI is InChI=1S/C14H19F2NO2/c1-3-4-7-17(9-10(2)14(18)19)11-5-6-12(15)13(16)8-11/h5-6,8,10H,3-4,7,9H2,1-2H3,(H,18,19). The summed E-state index contributed by atoms with van der Waals surface area (Å²) in [5.41, 5.74) is 0.514. The molecule has 5 heteroatoms. The number of aliphatic carboxylic acids is 1. The van der Waals surface area contributed by atoms with Crippen LogP contribution in [0.1, 0.15) is 26.7 Å². The Bertz CT molecular complexity index is 437. The molecule has 19 heavy (non-hydrogen) atoms. The summed E-state index contributed by atoms with van der Waals surface area (Å²) in [5.74, 6) is -3.28. The molecular weight excluding hydrogens is 252 g/mol. The number of rotatable bonds is 7. The van der Waals surface area contributed by atoms with Gasteiger partial charge in [-0.3, -0.25) is 4.79 Å². The largest absolute Gasteiger partial charge is 0.481 e. The number of hydrogen-bond donors (Lipinski definition) is 1. The lowest BCUT2D eigenvalue weighted by Crippen LogP contribution is -2.32. The molecule has 1 aromatic rings. The van der Waals surface area contributed by atoms with Gasteiger partial charge < -0.3 is 10.0 Å². The van der Waals surface area contributed by atoms with Gasteiger partial charge in [-0.1, -0.05) is 20.3 Å². The molecule has 0 spiro atoms. The summed E-state index contributed by atoms with van der Waals surface area (Å²) in [5, 5.41) is 8.94. The second-order valence-corrected chi connectivity index (χ2v) is 4.64. The van der Waals surface area contributed by atoms with Gasteiger partial charge in [-0.15, -0.1) is 0 Å². The van der Waals surface area contributed by atoms with E-state index in [9.17, 15) is 13.6 Å². The fourth-order valence-electron chi connectivity index (χ4n) is 1.77. The van der Waals surface area contributed by atoms with E-state index in [1.165, 1.54) is 6.07 Å². The lowest BCUT2D eigenvalue weighted by atomic mass is 10.1. The number of carboxylic acid groups (broad SMARTS) is 1. The lowest BCUT2D eigenvalue weighted by Gasteiger charge is -2.26. The number of anilines is 1. The second-order valence-electron chi connectivity index (χ2n) is 4.64. The van der Waals surface area contributed by atoms with Gasteiger partial charge in [-0.05, 0) is 18.6 Å². The summed E-state index contributed by atoms with van der Waals surface area (Å²) in [4.78, 5) is 12.7. The molecule has 0 saturated carbocycles. The highest BCUT2D eigenvalue weighted by molar-refractivity contribution is 5.70. The van der Waals surface area contributed by atoms with Crippen LogP contribution in [-0.2, 0) is 4.79 Å². The Kier molecular flexibility index (Phi) is 5.73. The van der Waals surface area contributed by atoms with Crippen molar-refractivity contribution >= 4 is 11.7 Å². The molecule has 0 aliphatic heterocycles. The predicted molar refractivity (Wildman–Crippen MR) is 70.3 cm³/mol.